The van der Waals surface area contributed by atoms with E-state index in [4.69, 9.17) is 11.5 Å². The van der Waals surface area contributed by atoms with Gasteiger partial charge in [0, 0.05) is 28.6 Å². The largest absolute Gasteiger partial charge is 0.404 e. The summed E-state index contributed by atoms with van der Waals surface area (Å²) in [5.74, 6) is -2.61. The molecule has 1 heterocycles. The SMILES string of the molecule is N/C=C(/c1ccc2ncnc(-c3ccc(C(=O)NC4CC4)c(F)c3)c2c1)C(N)c1ccc(F)cc1F. The third-order valence-corrected chi connectivity index (χ3v) is 6.18. The number of rotatable bonds is 6. The van der Waals surface area contributed by atoms with Crippen molar-refractivity contribution in [3.05, 3.63) is 101 Å². The van der Waals surface area contributed by atoms with Gasteiger partial charge < -0.3 is 16.8 Å². The Morgan fingerprint density at radius 3 is 2.50 bits per heavy atom. The van der Waals surface area contributed by atoms with Crippen molar-refractivity contribution < 1.29 is 18.0 Å². The maximum atomic E-state index is 14.9. The predicted octanol–water partition coefficient (Wildman–Crippen LogP) is 4.61. The molecule has 36 heavy (non-hydrogen) atoms. The number of carbonyl (C=O) groups excluding carboxylic acids is 1. The highest BCUT2D eigenvalue weighted by Gasteiger charge is 2.25. The number of halogens is 3. The molecule has 1 aromatic heterocycles. The average Bonchev–Trinajstić information content (AvgIpc) is 3.67. The second-order valence-electron chi connectivity index (χ2n) is 8.66. The fourth-order valence-electron chi connectivity index (χ4n) is 4.10. The first-order chi connectivity index (χ1) is 17.4. The van der Waals surface area contributed by atoms with Crippen LogP contribution in [0.1, 0.15) is 40.4 Å². The summed E-state index contributed by atoms with van der Waals surface area (Å²) >= 11 is 0. The van der Waals surface area contributed by atoms with Crippen molar-refractivity contribution in [3.63, 3.8) is 0 Å². The van der Waals surface area contributed by atoms with Gasteiger partial charge in [-0.1, -0.05) is 18.2 Å². The van der Waals surface area contributed by atoms with Crippen LogP contribution in [-0.2, 0) is 0 Å². The predicted molar refractivity (Wildman–Crippen MR) is 131 cm³/mol. The molecule has 1 fully saturated rings. The van der Waals surface area contributed by atoms with Crippen molar-refractivity contribution >= 4 is 22.4 Å². The minimum Gasteiger partial charge on any atom is -0.404 e. The number of hydrogen-bond donors (Lipinski definition) is 3. The van der Waals surface area contributed by atoms with Crippen LogP contribution in [0.2, 0.25) is 0 Å². The first-order valence-corrected chi connectivity index (χ1v) is 11.3. The number of hydrogen-bond acceptors (Lipinski definition) is 5. The monoisotopic (exact) mass is 489 g/mol. The van der Waals surface area contributed by atoms with Crippen molar-refractivity contribution in [1.29, 1.82) is 0 Å². The minimum absolute atomic E-state index is 0.0367. The first kappa shape index (κ1) is 23.5. The number of aromatic nitrogens is 2. The standard InChI is InChI=1S/C27H22F3N5O/c28-16-3-7-18(23(30)11-16)25(32)21(12-31)14-2-8-24-20(9-14)26(34-13-33-24)15-1-6-19(22(29)10-15)27(36)35-17-4-5-17/h1-3,6-13,17,25H,4-5,31-32H2,(H,35,36)/b21-12-. The summed E-state index contributed by atoms with van der Waals surface area (Å²) in [4.78, 5) is 20.9. The third-order valence-electron chi connectivity index (χ3n) is 6.18. The maximum Gasteiger partial charge on any atom is 0.254 e. The summed E-state index contributed by atoms with van der Waals surface area (Å²) in [6.07, 6.45) is 4.43. The molecule has 1 amide bonds. The molecule has 9 heteroatoms. The number of benzene rings is 3. The highest BCUT2D eigenvalue weighted by Crippen LogP contribution is 2.33. The molecule has 4 aromatic rings. The van der Waals surface area contributed by atoms with Gasteiger partial charge in [0.1, 0.15) is 23.8 Å². The highest BCUT2D eigenvalue weighted by atomic mass is 19.1. The van der Waals surface area contributed by atoms with E-state index < -0.39 is 29.4 Å². The lowest BCUT2D eigenvalue weighted by molar-refractivity contribution is 0.0947. The van der Waals surface area contributed by atoms with E-state index in [-0.39, 0.29) is 17.2 Å². The summed E-state index contributed by atoms with van der Waals surface area (Å²) < 4.78 is 42.6. The lowest BCUT2D eigenvalue weighted by atomic mass is 9.92. The number of nitrogens with two attached hydrogens (primary N) is 2. The fraction of sp³-hybridized carbons (Fsp3) is 0.148. The van der Waals surface area contributed by atoms with Gasteiger partial charge in [0.2, 0.25) is 0 Å². The van der Waals surface area contributed by atoms with E-state index in [0.717, 1.165) is 25.0 Å². The molecule has 0 radical (unpaired) electrons. The molecule has 1 unspecified atom stereocenters. The fourth-order valence-corrected chi connectivity index (χ4v) is 4.10. The number of amides is 1. The number of fused-ring (bicyclic) bond motifs is 1. The molecular formula is C27H22F3N5O. The summed E-state index contributed by atoms with van der Waals surface area (Å²) in [5, 5.41) is 3.35. The van der Waals surface area contributed by atoms with Crippen LogP contribution >= 0.6 is 0 Å². The topological polar surface area (TPSA) is 107 Å². The quantitative estimate of drug-likeness (QED) is 0.367. The normalized spacial score (nSPS) is 14.6. The average molecular weight is 490 g/mol. The molecule has 0 spiro atoms. The van der Waals surface area contributed by atoms with E-state index in [1.54, 1.807) is 24.3 Å². The first-order valence-electron chi connectivity index (χ1n) is 11.3. The Labute approximate surface area is 204 Å². The lowest BCUT2D eigenvalue weighted by Crippen LogP contribution is -2.26. The van der Waals surface area contributed by atoms with Crippen LogP contribution in [0.15, 0.2) is 67.1 Å². The molecule has 0 bridgehead atoms. The zero-order valence-electron chi connectivity index (χ0n) is 19.0. The highest BCUT2D eigenvalue weighted by molar-refractivity contribution is 5.97. The van der Waals surface area contributed by atoms with Crippen LogP contribution in [0.5, 0.6) is 0 Å². The molecule has 182 valence electrons. The molecule has 1 atom stereocenters. The Morgan fingerprint density at radius 2 is 1.81 bits per heavy atom. The van der Waals surface area contributed by atoms with Gasteiger partial charge in [-0.15, -0.1) is 0 Å². The Bertz CT molecular complexity index is 1520. The smallest absolute Gasteiger partial charge is 0.254 e. The van der Waals surface area contributed by atoms with Gasteiger partial charge in [-0.2, -0.15) is 0 Å². The second kappa shape index (κ2) is 9.43. The van der Waals surface area contributed by atoms with Gasteiger partial charge in [0.25, 0.3) is 5.91 Å². The summed E-state index contributed by atoms with van der Waals surface area (Å²) in [6.45, 7) is 0. The summed E-state index contributed by atoms with van der Waals surface area (Å²) in [7, 11) is 0. The molecule has 1 saturated carbocycles. The number of carbonyl (C=O) groups is 1. The molecular weight excluding hydrogens is 467 g/mol. The Balaban J connectivity index is 1.53. The van der Waals surface area contributed by atoms with E-state index in [9.17, 15) is 18.0 Å². The Morgan fingerprint density at radius 1 is 1.00 bits per heavy atom. The van der Waals surface area contributed by atoms with Crippen molar-refractivity contribution in [2.75, 3.05) is 0 Å². The van der Waals surface area contributed by atoms with Gasteiger partial charge in [-0.3, -0.25) is 4.79 Å². The molecule has 0 aliphatic heterocycles. The Kier molecular flexibility index (Phi) is 6.15. The van der Waals surface area contributed by atoms with Crippen LogP contribution in [0.4, 0.5) is 13.2 Å². The van der Waals surface area contributed by atoms with Gasteiger partial charge in [-0.25, -0.2) is 23.1 Å². The zero-order chi connectivity index (χ0) is 25.4. The van der Waals surface area contributed by atoms with Crippen molar-refractivity contribution in [3.8, 4) is 11.3 Å². The maximum absolute atomic E-state index is 14.9. The molecule has 5 N–H and O–H groups in total. The molecule has 3 aromatic carbocycles. The van der Waals surface area contributed by atoms with Crippen LogP contribution in [-0.4, -0.2) is 21.9 Å². The van der Waals surface area contributed by atoms with E-state index >= 15 is 0 Å². The summed E-state index contributed by atoms with van der Waals surface area (Å²) in [5.41, 5.74) is 14.6. The minimum atomic E-state index is -0.970. The molecule has 5 rings (SSSR count). The lowest BCUT2D eigenvalue weighted by Gasteiger charge is -2.18. The second-order valence-corrected chi connectivity index (χ2v) is 8.66. The molecule has 0 saturated heterocycles. The van der Waals surface area contributed by atoms with Crippen molar-refractivity contribution in [2.45, 2.75) is 24.9 Å². The molecule has 1 aliphatic rings. The Hall–Kier alpha value is -4.24. The van der Waals surface area contributed by atoms with Gasteiger partial charge >= 0.3 is 0 Å². The molecule has 1 aliphatic carbocycles. The van der Waals surface area contributed by atoms with Gasteiger partial charge in [-0.05, 0) is 60.5 Å². The van der Waals surface area contributed by atoms with Crippen LogP contribution in [0.25, 0.3) is 27.7 Å². The number of nitrogens with zero attached hydrogens (tertiary/aromatic N) is 2. The summed E-state index contributed by atoms with van der Waals surface area (Å²) in [6, 6.07) is 11.8. The van der Waals surface area contributed by atoms with E-state index in [1.165, 1.54) is 30.7 Å². The third kappa shape index (κ3) is 4.52. The zero-order valence-corrected chi connectivity index (χ0v) is 19.0. The van der Waals surface area contributed by atoms with Crippen LogP contribution < -0.4 is 16.8 Å². The van der Waals surface area contributed by atoms with E-state index in [0.29, 0.717) is 33.3 Å². The van der Waals surface area contributed by atoms with E-state index in [2.05, 4.69) is 15.3 Å². The van der Waals surface area contributed by atoms with Crippen LogP contribution in [0.3, 0.4) is 0 Å². The van der Waals surface area contributed by atoms with Gasteiger partial charge in [0.15, 0.2) is 0 Å². The van der Waals surface area contributed by atoms with E-state index in [1.807, 2.05) is 0 Å². The van der Waals surface area contributed by atoms with Crippen molar-refractivity contribution in [1.82, 2.24) is 15.3 Å². The molecule has 6 nitrogen and oxygen atoms in total. The van der Waals surface area contributed by atoms with Crippen LogP contribution in [0, 0.1) is 17.5 Å². The van der Waals surface area contributed by atoms with Gasteiger partial charge in [0.05, 0.1) is 22.8 Å². The number of nitrogens with one attached hydrogen (secondary N) is 1. The van der Waals surface area contributed by atoms with Crippen molar-refractivity contribution in [2.24, 2.45) is 11.5 Å².